The third-order valence-electron chi connectivity index (χ3n) is 6.02. The number of hydrogen-bond acceptors (Lipinski definition) is 2. The summed E-state index contributed by atoms with van der Waals surface area (Å²) in [5.74, 6) is 1.83. The van der Waals surface area contributed by atoms with Crippen molar-refractivity contribution in [3.8, 4) is 0 Å². The molecule has 0 amide bonds. The molecule has 1 atom stereocenters. The minimum absolute atomic E-state index is 0. The highest BCUT2D eigenvalue weighted by Crippen LogP contribution is 2.46. The van der Waals surface area contributed by atoms with Gasteiger partial charge in [0.05, 0.1) is 0 Å². The van der Waals surface area contributed by atoms with Gasteiger partial charge in [0, 0.05) is 37.1 Å². The Labute approximate surface area is 160 Å². The highest BCUT2D eigenvalue weighted by Gasteiger charge is 2.53. The molecule has 2 saturated heterocycles. The summed E-state index contributed by atoms with van der Waals surface area (Å²) < 4.78 is 0. The Morgan fingerprint density at radius 2 is 1.91 bits per heavy atom. The third-order valence-corrected chi connectivity index (χ3v) is 6.02. The molecule has 5 heteroatoms. The second-order valence-corrected chi connectivity index (χ2v) is 8.13. The molecular formula is C18H37IN4. The topological polar surface area (TPSA) is 30.9 Å². The summed E-state index contributed by atoms with van der Waals surface area (Å²) in [7, 11) is 0. The first kappa shape index (κ1) is 21.0. The van der Waals surface area contributed by atoms with Crippen LogP contribution in [0.3, 0.4) is 0 Å². The number of hydrogen-bond donors (Lipinski definition) is 1. The minimum atomic E-state index is 0. The summed E-state index contributed by atoms with van der Waals surface area (Å²) in [5, 5.41) is 3.51. The molecule has 0 aromatic rings. The van der Waals surface area contributed by atoms with Gasteiger partial charge in [-0.15, -0.1) is 24.0 Å². The molecule has 0 aliphatic carbocycles. The quantitative estimate of drug-likeness (QED) is 0.416. The second kappa shape index (κ2) is 8.37. The molecule has 0 radical (unpaired) electrons. The number of guanidine groups is 1. The van der Waals surface area contributed by atoms with Crippen molar-refractivity contribution in [2.75, 3.05) is 39.3 Å². The van der Waals surface area contributed by atoms with E-state index in [1.54, 1.807) is 0 Å². The van der Waals surface area contributed by atoms with Crippen molar-refractivity contribution in [1.82, 2.24) is 15.1 Å². The SMILES string of the molecule is CCNC(=NCC1CCCN(CC)C1)N1CC(C)(C)C1(C)C.I. The minimum Gasteiger partial charge on any atom is -0.356 e. The Morgan fingerprint density at radius 3 is 2.43 bits per heavy atom. The lowest BCUT2D eigenvalue weighted by Crippen LogP contribution is -2.72. The Morgan fingerprint density at radius 1 is 1.22 bits per heavy atom. The summed E-state index contributed by atoms with van der Waals surface area (Å²) in [6, 6.07) is 0. The number of piperidine rings is 1. The van der Waals surface area contributed by atoms with E-state index >= 15 is 0 Å². The van der Waals surface area contributed by atoms with Gasteiger partial charge in [0.1, 0.15) is 0 Å². The van der Waals surface area contributed by atoms with Crippen molar-refractivity contribution in [2.45, 2.75) is 59.9 Å². The van der Waals surface area contributed by atoms with Gasteiger partial charge in [-0.05, 0) is 52.6 Å². The molecule has 2 rings (SSSR count). The number of aliphatic imine (C=N–C) groups is 1. The lowest BCUT2D eigenvalue weighted by molar-refractivity contribution is -0.0668. The predicted octanol–water partition coefficient (Wildman–Crippen LogP) is 3.42. The van der Waals surface area contributed by atoms with E-state index in [1.807, 2.05) is 0 Å². The summed E-state index contributed by atoms with van der Waals surface area (Å²) >= 11 is 0. The van der Waals surface area contributed by atoms with Crippen LogP contribution < -0.4 is 5.32 Å². The molecule has 2 aliphatic heterocycles. The number of rotatable bonds is 4. The average Bonchev–Trinajstić information content (AvgIpc) is 2.49. The van der Waals surface area contributed by atoms with E-state index in [4.69, 9.17) is 4.99 Å². The van der Waals surface area contributed by atoms with Gasteiger partial charge in [-0.3, -0.25) is 4.99 Å². The molecule has 2 heterocycles. The molecule has 0 aromatic heterocycles. The van der Waals surface area contributed by atoms with Crippen molar-refractivity contribution in [3.63, 3.8) is 0 Å². The van der Waals surface area contributed by atoms with Gasteiger partial charge in [0.25, 0.3) is 0 Å². The number of nitrogens with one attached hydrogen (secondary N) is 1. The van der Waals surface area contributed by atoms with Crippen LogP contribution in [0.5, 0.6) is 0 Å². The Balaban J connectivity index is 0.00000264. The monoisotopic (exact) mass is 436 g/mol. The van der Waals surface area contributed by atoms with E-state index in [0.717, 1.165) is 31.5 Å². The summed E-state index contributed by atoms with van der Waals surface area (Å²) in [6.45, 7) is 20.5. The van der Waals surface area contributed by atoms with Gasteiger partial charge in [-0.25, -0.2) is 0 Å². The fourth-order valence-corrected chi connectivity index (χ4v) is 3.60. The predicted molar refractivity (Wildman–Crippen MR) is 111 cm³/mol. The first-order valence-electron chi connectivity index (χ1n) is 9.10. The Hall–Kier alpha value is -0.0400. The van der Waals surface area contributed by atoms with Crippen molar-refractivity contribution < 1.29 is 0 Å². The third kappa shape index (κ3) is 4.53. The molecule has 23 heavy (non-hydrogen) atoms. The van der Waals surface area contributed by atoms with E-state index in [2.05, 4.69) is 56.7 Å². The fourth-order valence-electron chi connectivity index (χ4n) is 3.60. The van der Waals surface area contributed by atoms with Gasteiger partial charge in [-0.1, -0.05) is 20.8 Å². The number of likely N-dealkylation sites (tertiary alicyclic amines) is 2. The van der Waals surface area contributed by atoms with E-state index in [0.29, 0.717) is 5.41 Å². The van der Waals surface area contributed by atoms with Crippen molar-refractivity contribution in [1.29, 1.82) is 0 Å². The van der Waals surface area contributed by atoms with Crippen LogP contribution in [-0.4, -0.2) is 60.6 Å². The molecule has 0 spiro atoms. The fraction of sp³-hybridized carbons (Fsp3) is 0.944. The maximum Gasteiger partial charge on any atom is 0.194 e. The lowest BCUT2D eigenvalue weighted by Gasteiger charge is -2.62. The number of nitrogens with zero attached hydrogens (tertiary/aromatic N) is 3. The van der Waals surface area contributed by atoms with Crippen LogP contribution in [0.1, 0.15) is 54.4 Å². The van der Waals surface area contributed by atoms with Gasteiger partial charge < -0.3 is 15.1 Å². The van der Waals surface area contributed by atoms with Crippen LogP contribution in [0.25, 0.3) is 0 Å². The standard InChI is InChI=1S/C18H36N4.HI/c1-7-19-16(22-14-17(3,4)18(22,5)6)20-12-15-10-9-11-21(8-2)13-15;/h15H,7-14H2,1-6H3,(H,19,20);1H. The van der Waals surface area contributed by atoms with Gasteiger partial charge in [0.15, 0.2) is 5.96 Å². The zero-order valence-corrected chi connectivity index (χ0v) is 18.3. The van der Waals surface area contributed by atoms with E-state index < -0.39 is 0 Å². The second-order valence-electron chi connectivity index (χ2n) is 8.13. The van der Waals surface area contributed by atoms with Crippen molar-refractivity contribution >= 4 is 29.9 Å². The highest BCUT2D eigenvalue weighted by molar-refractivity contribution is 14.0. The zero-order chi connectivity index (χ0) is 16.4. The first-order chi connectivity index (χ1) is 10.3. The smallest absolute Gasteiger partial charge is 0.194 e. The van der Waals surface area contributed by atoms with Crippen LogP contribution in [-0.2, 0) is 0 Å². The molecule has 136 valence electrons. The van der Waals surface area contributed by atoms with Crippen LogP contribution in [0, 0.1) is 11.3 Å². The van der Waals surface area contributed by atoms with Gasteiger partial charge in [0.2, 0.25) is 0 Å². The maximum absolute atomic E-state index is 4.99. The summed E-state index contributed by atoms with van der Waals surface area (Å²) in [6.07, 6.45) is 2.65. The molecule has 2 aliphatic rings. The van der Waals surface area contributed by atoms with E-state index in [-0.39, 0.29) is 29.5 Å². The molecule has 0 saturated carbocycles. The normalized spacial score (nSPS) is 27.1. The Bertz CT molecular complexity index is 406. The van der Waals surface area contributed by atoms with E-state index in [9.17, 15) is 0 Å². The van der Waals surface area contributed by atoms with E-state index in [1.165, 1.54) is 32.5 Å². The Kier molecular flexibility index (Phi) is 7.64. The van der Waals surface area contributed by atoms with Gasteiger partial charge >= 0.3 is 0 Å². The number of halogens is 1. The lowest BCUT2D eigenvalue weighted by atomic mass is 9.65. The molecule has 1 unspecified atom stereocenters. The van der Waals surface area contributed by atoms with Gasteiger partial charge in [-0.2, -0.15) is 0 Å². The average molecular weight is 436 g/mol. The summed E-state index contributed by atoms with van der Waals surface area (Å²) in [4.78, 5) is 10.0. The van der Waals surface area contributed by atoms with Crippen LogP contribution >= 0.6 is 24.0 Å². The van der Waals surface area contributed by atoms with Crippen LogP contribution in [0.4, 0.5) is 0 Å². The van der Waals surface area contributed by atoms with Crippen molar-refractivity contribution in [2.24, 2.45) is 16.3 Å². The molecule has 0 bridgehead atoms. The summed E-state index contributed by atoms with van der Waals surface area (Å²) in [5.41, 5.74) is 0.531. The molecule has 1 N–H and O–H groups in total. The maximum atomic E-state index is 4.99. The largest absolute Gasteiger partial charge is 0.356 e. The molecule has 0 aromatic carbocycles. The zero-order valence-electron chi connectivity index (χ0n) is 16.0. The molecule has 4 nitrogen and oxygen atoms in total. The molecular weight excluding hydrogens is 399 g/mol. The van der Waals surface area contributed by atoms with Crippen LogP contribution in [0.2, 0.25) is 0 Å². The highest BCUT2D eigenvalue weighted by atomic mass is 127. The van der Waals surface area contributed by atoms with Crippen LogP contribution in [0.15, 0.2) is 4.99 Å². The first-order valence-corrected chi connectivity index (χ1v) is 9.10. The van der Waals surface area contributed by atoms with Crippen molar-refractivity contribution in [3.05, 3.63) is 0 Å². The molecule has 2 fully saturated rings.